The number of ether oxygens (including phenoxy) is 6. The Morgan fingerprint density at radius 3 is 2.00 bits per heavy atom. The maximum absolute atomic E-state index is 12.4. The average Bonchev–Trinajstić information content (AvgIpc) is 3.12. The van der Waals surface area contributed by atoms with Gasteiger partial charge in [0.2, 0.25) is 5.75 Å². The summed E-state index contributed by atoms with van der Waals surface area (Å²) in [5, 5.41) is 0. The van der Waals surface area contributed by atoms with E-state index in [4.69, 9.17) is 28.4 Å². The summed E-state index contributed by atoms with van der Waals surface area (Å²) in [7, 11) is 7.71. The Hall–Kier alpha value is -3.61. The van der Waals surface area contributed by atoms with Gasteiger partial charge in [0, 0.05) is 6.07 Å². The number of benzene rings is 2. The van der Waals surface area contributed by atoms with E-state index in [0.29, 0.717) is 51.2 Å². The molecule has 1 aliphatic heterocycles. The lowest BCUT2D eigenvalue weighted by Crippen LogP contribution is -1.99. The Labute approximate surface area is 169 Å². The standard InChI is InChI=1S/C22H22O7/c1-24-15-6-7-16(17(12-15)25-2)18-11-14(22(23)29-18)8-13-9-19(26-3)21(28-5)20(10-13)27-4/h6-12H,1-5H3/b14-8+. The number of cyclic esters (lactones) is 1. The van der Waals surface area contributed by atoms with E-state index in [-0.39, 0.29) is 0 Å². The molecular weight excluding hydrogens is 376 g/mol. The molecule has 0 saturated carbocycles. The van der Waals surface area contributed by atoms with E-state index in [9.17, 15) is 4.79 Å². The smallest absolute Gasteiger partial charge is 0.343 e. The van der Waals surface area contributed by atoms with Crippen LogP contribution in [0.5, 0.6) is 28.7 Å². The molecule has 0 atom stereocenters. The van der Waals surface area contributed by atoms with E-state index < -0.39 is 5.97 Å². The minimum absolute atomic E-state index is 0.382. The maximum atomic E-state index is 12.4. The van der Waals surface area contributed by atoms with Crippen LogP contribution in [-0.4, -0.2) is 41.5 Å². The Morgan fingerprint density at radius 1 is 0.793 bits per heavy atom. The first-order valence-corrected chi connectivity index (χ1v) is 8.72. The van der Waals surface area contributed by atoms with Gasteiger partial charge in [-0.05, 0) is 42.0 Å². The van der Waals surface area contributed by atoms with E-state index in [1.807, 2.05) is 0 Å². The number of carbonyl (C=O) groups is 1. The maximum Gasteiger partial charge on any atom is 0.343 e. The third-order valence-corrected chi connectivity index (χ3v) is 4.41. The van der Waals surface area contributed by atoms with E-state index in [1.165, 1.54) is 21.3 Å². The molecule has 0 fully saturated rings. The summed E-state index contributed by atoms with van der Waals surface area (Å²) < 4.78 is 32.1. The predicted molar refractivity (Wildman–Crippen MR) is 108 cm³/mol. The van der Waals surface area contributed by atoms with Gasteiger partial charge in [-0.3, -0.25) is 0 Å². The molecule has 3 rings (SSSR count). The molecule has 7 heteroatoms. The summed E-state index contributed by atoms with van der Waals surface area (Å²) in [6.07, 6.45) is 3.35. The number of esters is 1. The summed E-state index contributed by atoms with van der Waals surface area (Å²) in [5.41, 5.74) is 1.73. The number of rotatable bonds is 7. The second-order valence-electron chi connectivity index (χ2n) is 6.02. The number of carbonyl (C=O) groups excluding carboxylic acids is 1. The van der Waals surface area contributed by atoms with Crippen molar-refractivity contribution in [3.8, 4) is 28.7 Å². The van der Waals surface area contributed by atoms with Gasteiger partial charge >= 0.3 is 5.97 Å². The van der Waals surface area contributed by atoms with E-state index in [0.717, 1.165) is 0 Å². The fraction of sp³-hybridized carbons (Fsp3) is 0.227. The monoisotopic (exact) mass is 398 g/mol. The Bertz CT molecular complexity index is 964. The Kier molecular flexibility index (Phi) is 5.97. The summed E-state index contributed by atoms with van der Waals surface area (Å²) in [4.78, 5) is 12.4. The number of hydrogen-bond donors (Lipinski definition) is 0. The van der Waals surface area contributed by atoms with Crippen molar-refractivity contribution in [2.45, 2.75) is 0 Å². The molecule has 0 unspecified atom stereocenters. The molecule has 0 amide bonds. The molecule has 1 heterocycles. The first kappa shape index (κ1) is 20.1. The molecule has 0 aliphatic carbocycles. The lowest BCUT2D eigenvalue weighted by Gasteiger charge is -2.12. The van der Waals surface area contributed by atoms with Crippen molar-refractivity contribution in [2.24, 2.45) is 0 Å². The van der Waals surface area contributed by atoms with Crippen LogP contribution < -0.4 is 23.7 Å². The van der Waals surface area contributed by atoms with E-state index in [2.05, 4.69) is 0 Å². The molecule has 29 heavy (non-hydrogen) atoms. The van der Waals surface area contributed by atoms with Crippen molar-refractivity contribution < 1.29 is 33.2 Å². The molecule has 2 aromatic rings. The third-order valence-electron chi connectivity index (χ3n) is 4.41. The fourth-order valence-electron chi connectivity index (χ4n) is 2.99. The molecule has 0 bridgehead atoms. The van der Waals surface area contributed by atoms with Gasteiger partial charge in [0.15, 0.2) is 11.5 Å². The molecule has 2 aromatic carbocycles. The average molecular weight is 398 g/mol. The molecule has 0 radical (unpaired) electrons. The van der Waals surface area contributed by atoms with Crippen LogP contribution in [-0.2, 0) is 9.53 Å². The van der Waals surface area contributed by atoms with Gasteiger partial charge in [-0.15, -0.1) is 0 Å². The minimum atomic E-state index is -0.466. The highest BCUT2D eigenvalue weighted by atomic mass is 16.5. The molecule has 1 aliphatic rings. The molecule has 0 N–H and O–H groups in total. The van der Waals surface area contributed by atoms with Gasteiger partial charge in [-0.1, -0.05) is 0 Å². The van der Waals surface area contributed by atoms with Crippen LogP contribution in [0.25, 0.3) is 11.8 Å². The first-order chi connectivity index (χ1) is 14.0. The van der Waals surface area contributed by atoms with Crippen molar-refractivity contribution in [1.29, 1.82) is 0 Å². The van der Waals surface area contributed by atoms with Crippen molar-refractivity contribution in [1.82, 2.24) is 0 Å². The van der Waals surface area contributed by atoms with Crippen molar-refractivity contribution in [2.75, 3.05) is 35.5 Å². The SMILES string of the molecule is COc1ccc(C2=C/C(=C\c3cc(OC)c(OC)c(OC)c3)C(=O)O2)c(OC)c1. The third kappa shape index (κ3) is 3.99. The molecule has 7 nitrogen and oxygen atoms in total. The van der Waals surface area contributed by atoms with Crippen LogP contribution >= 0.6 is 0 Å². The van der Waals surface area contributed by atoms with Crippen LogP contribution in [0, 0.1) is 0 Å². The van der Waals surface area contributed by atoms with Crippen molar-refractivity contribution >= 4 is 17.8 Å². The van der Waals surface area contributed by atoms with Gasteiger partial charge < -0.3 is 28.4 Å². The van der Waals surface area contributed by atoms with Gasteiger partial charge in [-0.2, -0.15) is 0 Å². The molecule has 0 spiro atoms. The largest absolute Gasteiger partial charge is 0.497 e. The predicted octanol–water partition coefficient (Wildman–Crippen LogP) is 3.71. The van der Waals surface area contributed by atoms with Crippen LogP contribution in [0.15, 0.2) is 42.0 Å². The second-order valence-corrected chi connectivity index (χ2v) is 6.02. The highest BCUT2D eigenvalue weighted by Gasteiger charge is 2.25. The summed E-state index contributed by atoms with van der Waals surface area (Å²) in [6, 6.07) is 8.78. The van der Waals surface area contributed by atoms with E-state index in [1.54, 1.807) is 56.7 Å². The van der Waals surface area contributed by atoms with Crippen molar-refractivity contribution in [3.05, 3.63) is 53.1 Å². The molecule has 0 aromatic heterocycles. The Morgan fingerprint density at radius 2 is 1.45 bits per heavy atom. The lowest BCUT2D eigenvalue weighted by atomic mass is 10.1. The highest BCUT2D eigenvalue weighted by molar-refractivity contribution is 6.05. The highest BCUT2D eigenvalue weighted by Crippen LogP contribution is 2.40. The number of hydrogen-bond acceptors (Lipinski definition) is 7. The van der Waals surface area contributed by atoms with Gasteiger partial charge in [-0.25, -0.2) is 4.79 Å². The fourth-order valence-corrected chi connectivity index (χ4v) is 2.99. The van der Waals surface area contributed by atoms with Crippen LogP contribution in [0.4, 0.5) is 0 Å². The summed E-state index contributed by atoms with van der Waals surface area (Å²) in [5.74, 6) is 2.57. The van der Waals surface area contributed by atoms with Crippen molar-refractivity contribution in [3.63, 3.8) is 0 Å². The van der Waals surface area contributed by atoms with E-state index >= 15 is 0 Å². The first-order valence-electron chi connectivity index (χ1n) is 8.72. The zero-order valence-corrected chi connectivity index (χ0v) is 16.9. The molecule has 152 valence electrons. The minimum Gasteiger partial charge on any atom is -0.497 e. The summed E-state index contributed by atoms with van der Waals surface area (Å²) >= 11 is 0. The van der Waals surface area contributed by atoms with Gasteiger partial charge in [0.1, 0.15) is 17.3 Å². The molecular formula is C22H22O7. The van der Waals surface area contributed by atoms with Crippen LogP contribution in [0.1, 0.15) is 11.1 Å². The number of methoxy groups -OCH3 is 5. The quantitative estimate of drug-likeness (QED) is 0.520. The normalized spacial score (nSPS) is 14.3. The van der Waals surface area contributed by atoms with Gasteiger partial charge in [0.25, 0.3) is 0 Å². The lowest BCUT2D eigenvalue weighted by molar-refractivity contribution is -0.130. The topological polar surface area (TPSA) is 72.5 Å². The van der Waals surface area contributed by atoms with Crippen LogP contribution in [0.3, 0.4) is 0 Å². The summed E-state index contributed by atoms with van der Waals surface area (Å²) in [6.45, 7) is 0. The zero-order valence-electron chi connectivity index (χ0n) is 16.9. The second kappa shape index (κ2) is 8.60. The zero-order chi connectivity index (χ0) is 21.0. The Balaban J connectivity index is 2.01. The molecule has 0 saturated heterocycles. The van der Waals surface area contributed by atoms with Crippen LogP contribution in [0.2, 0.25) is 0 Å². The van der Waals surface area contributed by atoms with Gasteiger partial charge in [0.05, 0.1) is 46.7 Å².